The lowest BCUT2D eigenvalue weighted by Crippen LogP contribution is -2.33. The normalized spacial score (nSPS) is 23.1. The molecule has 2 N–H and O–H groups in total. The van der Waals surface area contributed by atoms with Gasteiger partial charge < -0.3 is 5.32 Å². The third kappa shape index (κ3) is 5.45. The smallest absolute Gasteiger partial charge is 0.186 e. The van der Waals surface area contributed by atoms with Crippen molar-refractivity contribution in [3.63, 3.8) is 0 Å². The van der Waals surface area contributed by atoms with E-state index in [2.05, 4.69) is 29.7 Å². The maximum absolute atomic E-state index is 5.14. The molecule has 0 saturated heterocycles. The van der Waals surface area contributed by atoms with Crippen molar-refractivity contribution in [2.75, 3.05) is 6.54 Å². The van der Waals surface area contributed by atoms with Crippen LogP contribution >= 0.6 is 12.2 Å². The van der Waals surface area contributed by atoms with Crippen LogP contribution in [0, 0.1) is 5.92 Å². The molecule has 1 atom stereocenters. The molecule has 92 valence electrons. The van der Waals surface area contributed by atoms with E-state index in [1.165, 1.54) is 25.0 Å². The highest BCUT2D eigenvalue weighted by Crippen LogP contribution is 2.20. The van der Waals surface area contributed by atoms with Crippen LogP contribution in [0.25, 0.3) is 0 Å². The topological polar surface area (TPSA) is 36.4 Å². The molecule has 1 aliphatic carbocycles. The fraction of sp³-hybridized carbons (Fsp3) is 0.833. The van der Waals surface area contributed by atoms with Crippen molar-refractivity contribution >= 4 is 23.0 Å². The highest BCUT2D eigenvalue weighted by molar-refractivity contribution is 7.80. The first-order valence-electron chi connectivity index (χ1n) is 6.31. The van der Waals surface area contributed by atoms with Gasteiger partial charge in [0.05, 0.1) is 0 Å². The Labute approximate surface area is 104 Å². The van der Waals surface area contributed by atoms with Gasteiger partial charge >= 0.3 is 0 Å². The van der Waals surface area contributed by atoms with Crippen LogP contribution in [0.2, 0.25) is 0 Å². The van der Waals surface area contributed by atoms with Crippen LogP contribution in [-0.4, -0.2) is 17.4 Å². The molecule has 1 aliphatic rings. The number of rotatable bonds is 4. The van der Waals surface area contributed by atoms with Gasteiger partial charge in [-0.05, 0) is 50.2 Å². The minimum atomic E-state index is 0.652. The van der Waals surface area contributed by atoms with Gasteiger partial charge in [-0.2, -0.15) is 5.10 Å². The molecule has 0 aromatic carbocycles. The van der Waals surface area contributed by atoms with Crippen LogP contribution in [0.15, 0.2) is 5.10 Å². The van der Waals surface area contributed by atoms with Crippen LogP contribution in [0.5, 0.6) is 0 Å². The van der Waals surface area contributed by atoms with E-state index in [4.69, 9.17) is 12.2 Å². The molecule has 4 heteroatoms. The van der Waals surface area contributed by atoms with Crippen molar-refractivity contribution in [2.45, 2.75) is 52.4 Å². The summed E-state index contributed by atoms with van der Waals surface area (Å²) in [7, 11) is 0. The van der Waals surface area contributed by atoms with Crippen molar-refractivity contribution in [3.05, 3.63) is 0 Å². The highest BCUT2D eigenvalue weighted by Gasteiger charge is 2.13. The Kier molecular flexibility index (Phi) is 6.38. The van der Waals surface area contributed by atoms with E-state index in [1.54, 1.807) is 0 Å². The lowest BCUT2D eigenvalue weighted by atomic mass is 9.89. The summed E-state index contributed by atoms with van der Waals surface area (Å²) < 4.78 is 0. The fourth-order valence-electron chi connectivity index (χ4n) is 1.91. The highest BCUT2D eigenvalue weighted by atomic mass is 32.1. The Bertz CT molecular complexity index is 251. The average Bonchev–Trinajstić information content (AvgIpc) is 2.27. The number of unbranched alkanes of at least 4 members (excludes halogenated alkanes) is 1. The third-order valence-corrected chi connectivity index (χ3v) is 3.11. The molecule has 0 amide bonds. The lowest BCUT2D eigenvalue weighted by molar-refractivity contribution is 0.498. The van der Waals surface area contributed by atoms with Gasteiger partial charge in [-0.15, -0.1) is 0 Å². The van der Waals surface area contributed by atoms with E-state index < -0.39 is 0 Å². The zero-order chi connectivity index (χ0) is 11.8. The van der Waals surface area contributed by atoms with Gasteiger partial charge in [0.2, 0.25) is 0 Å². The molecule has 0 aromatic rings. The minimum Gasteiger partial charge on any atom is -0.361 e. The summed E-state index contributed by atoms with van der Waals surface area (Å²) in [5.74, 6) is 0.774. The fourth-order valence-corrected chi connectivity index (χ4v) is 2.06. The first-order chi connectivity index (χ1) is 7.72. The number of hydrogen-bond donors (Lipinski definition) is 2. The largest absolute Gasteiger partial charge is 0.361 e. The van der Waals surface area contributed by atoms with Gasteiger partial charge in [-0.1, -0.05) is 20.3 Å². The zero-order valence-corrected chi connectivity index (χ0v) is 11.2. The molecule has 0 radical (unpaired) electrons. The van der Waals surface area contributed by atoms with Crippen LogP contribution in [-0.2, 0) is 0 Å². The van der Waals surface area contributed by atoms with E-state index in [0.29, 0.717) is 5.11 Å². The predicted molar refractivity (Wildman–Crippen MR) is 73.7 cm³/mol. The first kappa shape index (κ1) is 13.4. The molecule has 16 heavy (non-hydrogen) atoms. The first-order valence-corrected chi connectivity index (χ1v) is 6.72. The molecule has 0 aromatic heterocycles. The second-order valence-corrected chi connectivity index (χ2v) is 5.01. The SMILES string of the molecule is CCCCNC(=S)N/N=C1/CCC[C@@H](C)C1. The number of hydrazone groups is 1. The molecule has 1 saturated carbocycles. The molecule has 1 fully saturated rings. The third-order valence-electron chi connectivity index (χ3n) is 2.88. The number of nitrogens with one attached hydrogen (secondary N) is 2. The van der Waals surface area contributed by atoms with Crippen molar-refractivity contribution in [3.8, 4) is 0 Å². The quantitative estimate of drug-likeness (QED) is 0.451. The van der Waals surface area contributed by atoms with E-state index in [9.17, 15) is 0 Å². The molecule has 0 heterocycles. The monoisotopic (exact) mass is 241 g/mol. The van der Waals surface area contributed by atoms with Crippen LogP contribution in [0.1, 0.15) is 52.4 Å². The van der Waals surface area contributed by atoms with Gasteiger partial charge in [-0.3, -0.25) is 5.43 Å². The number of thiocarbonyl (C=S) groups is 1. The summed E-state index contributed by atoms with van der Waals surface area (Å²) >= 11 is 5.14. The van der Waals surface area contributed by atoms with Crippen molar-refractivity contribution in [2.24, 2.45) is 11.0 Å². The molecular weight excluding hydrogens is 218 g/mol. The standard InChI is InChI=1S/C12H23N3S/c1-3-4-8-13-12(16)15-14-11-7-5-6-10(2)9-11/h10H,3-9H2,1-2H3,(H2,13,15,16)/b14-11-/t10-/m1/s1. The van der Waals surface area contributed by atoms with Gasteiger partial charge in [0.1, 0.15) is 0 Å². The Hall–Kier alpha value is -0.640. The number of hydrogen-bond acceptors (Lipinski definition) is 2. The van der Waals surface area contributed by atoms with Crippen LogP contribution in [0.3, 0.4) is 0 Å². The summed E-state index contributed by atoms with van der Waals surface area (Å²) in [5.41, 5.74) is 4.20. The molecule has 0 bridgehead atoms. The maximum atomic E-state index is 5.14. The molecule has 0 aliphatic heterocycles. The molecular formula is C12H23N3S. The molecule has 0 spiro atoms. The van der Waals surface area contributed by atoms with E-state index in [-0.39, 0.29) is 0 Å². The minimum absolute atomic E-state index is 0.652. The predicted octanol–water partition coefficient (Wildman–Crippen LogP) is 2.82. The number of nitrogens with zero attached hydrogens (tertiary/aromatic N) is 1. The molecule has 3 nitrogen and oxygen atoms in total. The van der Waals surface area contributed by atoms with Crippen molar-refractivity contribution in [1.82, 2.24) is 10.7 Å². The van der Waals surface area contributed by atoms with E-state index >= 15 is 0 Å². The second-order valence-electron chi connectivity index (χ2n) is 4.60. The summed E-state index contributed by atoms with van der Waals surface area (Å²) in [4.78, 5) is 0. The molecule has 0 unspecified atom stereocenters. The second kappa shape index (κ2) is 7.60. The van der Waals surface area contributed by atoms with Crippen LogP contribution in [0.4, 0.5) is 0 Å². The van der Waals surface area contributed by atoms with Gasteiger partial charge in [-0.25, -0.2) is 0 Å². The summed E-state index contributed by atoms with van der Waals surface area (Å²) in [6, 6.07) is 0. The lowest BCUT2D eigenvalue weighted by Gasteiger charge is -2.19. The van der Waals surface area contributed by atoms with Crippen molar-refractivity contribution < 1.29 is 0 Å². The molecule has 1 rings (SSSR count). The summed E-state index contributed by atoms with van der Waals surface area (Å²) in [5, 5.41) is 8.17. The van der Waals surface area contributed by atoms with Gasteiger partial charge in [0, 0.05) is 12.3 Å². The van der Waals surface area contributed by atoms with Crippen LogP contribution < -0.4 is 10.7 Å². The summed E-state index contributed by atoms with van der Waals surface area (Å²) in [6.07, 6.45) is 7.16. The zero-order valence-electron chi connectivity index (χ0n) is 10.4. The summed E-state index contributed by atoms with van der Waals surface area (Å²) in [6.45, 7) is 5.39. The Morgan fingerprint density at radius 1 is 1.56 bits per heavy atom. The Morgan fingerprint density at radius 2 is 2.38 bits per heavy atom. The van der Waals surface area contributed by atoms with E-state index in [0.717, 1.165) is 31.7 Å². The van der Waals surface area contributed by atoms with E-state index in [1.807, 2.05) is 0 Å². The average molecular weight is 241 g/mol. The van der Waals surface area contributed by atoms with Gasteiger partial charge in [0.15, 0.2) is 5.11 Å². The maximum Gasteiger partial charge on any atom is 0.186 e. The van der Waals surface area contributed by atoms with Gasteiger partial charge in [0.25, 0.3) is 0 Å². The Balaban J connectivity index is 2.21. The van der Waals surface area contributed by atoms with Crippen molar-refractivity contribution in [1.29, 1.82) is 0 Å². The Morgan fingerprint density at radius 3 is 3.06 bits per heavy atom.